The monoisotopic (exact) mass is 304 g/mol. The minimum Gasteiger partial charge on any atom is -0.416 e. The van der Waals surface area contributed by atoms with E-state index in [1.165, 1.54) is 0 Å². The molecule has 0 unspecified atom stereocenters. The summed E-state index contributed by atoms with van der Waals surface area (Å²) < 4.78 is 24.2. The molecule has 0 heterocycles. The van der Waals surface area contributed by atoms with Gasteiger partial charge in [0.15, 0.2) is 0 Å². The third-order valence-electron chi connectivity index (χ3n) is 3.03. The summed E-state index contributed by atoms with van der Waals surface area (Å²) in [6.45, 7) is 5.96. The zero-order valence-corrected chi connectivity index (χ0v) is 13.6. The second-order valence-corrected chi connectivity index (χ2v) is 7.18. The van der Waals surface area contributed by atoms with E-state index in [4.69, 9.17) is 9.05 Å². The second kappa shape index (κ2) is 6.82. The van der Waals surface area contributed by atoms with Gasteiger partial charge in [-0.05, 0) is 44.5 Å². The largest absolute Gasteiger partial charge is 0.430 e. The number of hydrogen-bond donors (Lipinski definition) is 0. The van der Waals surface area contributed by atoms with Gasteiger partial charge in [0.25, 0.3) is 0 Å². The third kappa shape index (κ3) is 4.64. The Morgan fingerprint density at radius 3 is 1.52 bits per heavy atom. The summed E-state index contributed by atoms with van der Waals surface area (Å²) in [7, 11) is -3.19. The van der Waals surface area contributed by atoms with E-state index in [0.717, 1.165) is 17.5 Å². The average Bonchev–Trinajstić information content (AvgIpc) is 2.44. The maximum Gasteiger partial charge on any atom is 0.430 e. The molecule has 0 aliphatic rings. The van der Waals surface area contributed by atoms with E-state index in [9.17, 15) is 4.57 Å². The normalized spacial score (nSPS) is 11.2. The quantitative estimate of drug-likeness (QED) is 0.673. The van der Waals surface area contributed by atoms with Gasteiger partial charge in [-0.15, -0.1) is 0 Å². The molecule has 0 saturated heterocycles. The van der Waals surface area contributed by atoms with Gasteiger partial charge in [-0.1, -0.05) is 42.3 Å². The molecule has 112 valence electrons. The maximum absolute atomic E-state index is 12.9. The standard InChI is InChI=1S/C17H21O3P/c1-4-13-21(18,19-16-9-5-14(2)6-10-16)20-17-11-7-15(3)8-12-17/h5-12H,4,13H2,1-3H3. The Labute approximate surface area is 126 Å². The summed E-state index contributed by atoms with van der Waals surface area (Å²) in [5.41, 5.74) is 2.26. The predicted octanol–water partition coefficient (Wildman–Crippen LogP) is 5.36. The zero-order chi connectivity index (χ0) is 15.3. The fraction of sp³-hybridized carbons (Fsp3) is 0.294. The van der Waals surface area contributed by atoms with E-state index >= 15 is 0 Å². The Hall–Kier alpha value is -1.73. The number of hydrogen-bond acceptors (Lipinski definition) is 3. The first-order chi connectivity index (χ1) is 10.0. The van der Waals surface area contributed by atoms with Gasteiger partial charge in [-0.3, -0.25) is 0 Å². The third-order valence-corrected chi connectivity index (χ3v) is 5.00. The van der Waals surface area contributed by atoms with Crippen LogP contribution < -0.4 is 9.05 Å². The van der Waals surface area contributed by atoms with Crippen LogP contribution in [-0.4, -0.2) is 6.16 Å². The molecule has 0 fully saturated rings. The Morgan fingerprint density at radius 1 is 0.810 bits per heavy atom. The van der Waals surface area contributed by atoms with Crippen LogP contribution in [0.5, 0.6) is 11.5 Å². The van der Waals surface area contributed by atoms with Crippen LogP contribution in [0, 0.1) is 13.8 Å². The molecule has 2 rings (SSSR count). The van der Waals surface area contributed by atoms with Crippen molar-refractivity contribution in [2.75, 3.05) is 6.16 Å². The van der Waals surface area contributed by atoms with Crippen molar-refractivity contribution in [1.82, 2.24) is 0 Å². The van der Waals surface area contributed by atoms with Crippen molar-refractivity contribution in [3.63, 3.8) is 0 Å². The van der Waals surface area contributed by atoms with Gasteiger partial charge in [0.2, 0.25) is 0 Å². The van der Waals surface area contributed by atoms with Crippen LogP contribution in [0.25, 0.3) is 0 Å². The zero-order valence-electron chi connectivity index (χ0n) is 12.7. The summed E-state index contributed by atoms with van der Waals surface area (Å²) in [6.07, 6.45) is 1.11. The molecule has 2 aromatic rings. The molecule has 0 aromatic heterocycles. The van der Waals surface area contributed by atoms with Crippen molar-refractivity contribution in [3.8, 4) is 11.5 Å². The highest BCUT2D eigenvalue weighted by Gasteiger charge is 2.26. The molecule has 3 nitrogen and oxygen atoms in total. The summed E-state index contributed by atoms with van der Waals surface area (Å²) in [6, 6.07) is 15.0. The summed E-state index contributed by atoms with van der Waals surface area (Å²) in [5.74, 6) is 1.15. The fourth-order valence-electron chi connectivity index (χ4n) is 1.90. The van der Waals surface area contributed by atoms with Gasteiger partial charge in [-0.2, -0.15) is 0 Å². The van der Waals surface area contributed by atoms with Crippen molar-refractivity contribution in [3.05, 3.63) is 59.7 Å². The first-order valence-corrected chi connectivity index (χ1v) is 8.85. The van der Waals surface area contributed by atoms with E-state index in [2.05, 4.69) is 0 Å². The molecular formula is C17H21O3P. The Bertz CT molecular complexity index is 566. The van der Waals surface area contributed by atoms with Gasteiger partial charge in [0.05, 0.1) is 6.16 Å². The molecule has 0 saturated carbocycles. The number of rotatable bonds is 6. The summed E-state index contributed by atoms with van der Waals surface area (Å²) in [5, 5.41) is 0. The highest BCUT2D eigenvalue weighted by molar-refractivity contribution is 7.54. The van der Waals surface area contributed by atoms with Gasteiger partial charge in [0, 0.05) is 0 Å². The van der Waals surface area contributed by atoms with Gasteiger partial charge in [-0.25, -0.2) is 4.57 Å². The number of benzene rings is 2. The van der Waals surface area contributed by atoms with Gasteiger partial charge < -0.3 is 9.05 Å². The molecule has 0 radical (unpaired) electrons. The van der Waals surface area contributed by atoms with Crippen LogP contribution >= 0.6 is 7.60 Å². The van der Waals surface area contributed by atoms with Crippen LogP contribution in [0.15, 0.2) is 48.5 Å². The minimum absolute atomic E-state index is 0.384. The topological polar surface area (TPSA) is 35.5 Å². The first kappa shape index (κ1) is 15.7. The molecule has 0 N–H and O–H groups in total. The molecule has 0 amide bonds. The Kier molecular flexibility index (Phi) is 5.08. The van der Waals surface area contributed by atoms with E-state index < -0.39 is 7.60 Å². The lowest BCUT2D eigenvalue weighted by atomic mass is 10.2. The van der Waals surface area contributed by atoms with Crippen LogP contribution in [-0.2, 0) is 4.57 Å². The van der Waals surface area contributed by atoms with E-state index in [1.807, 2.05) is 69.3 Å². The molecule has 0 aliphatic heterocycles. The molecule has 0 spiro atoms. The van der Waals surface area contributed by atoms with Crippen molar-refractivity contribution >= 4 is 7.60 Å². The SMILES string of the molecule is CCCP(=O)(Oc1ccc(C)cc1)Oc1ccc(C)cc1. The molecular weight excluding hydrogens is 283 g/mol. The Morgan fingerprint density at radius 2 is 1.19 bits per heavy atom. The molecule has 2 aromatic carbocycles. The molecule has 0 atom stereocenters. The van der Waals surface area contributed by atoms with Crippen LogP contribution in [0.1, 0.15) is 24.5 Å². The molecule has 21 heavy (non-hydrogen) atoms. The molecule has 0 bridgehead atoms. The maximum atomic E-state index is 12.9. The first-order valence-electron chi connectivity index (χ1n) is 7.12. The van der Waals surface area contributed by atoms with Crippen LogP contribution in [0.4, 0.5) is 0 Å². The van der Waals surface area contributed by atoms with Crippen molar-refractivity contribution in [2.24, 2.45) is 0 Å². The van der Waals surface area contributed by atoms with Crippen LogP contribution in [0.3, 0.4) is 0 Å². The minimum atomic E-state index is -3.19. The van der Waals surface area contributed by atoms with E-state index in [-0.39, 0.29) is 0 Å². The van der Waals surface area contributed by atoms with Gasteiger partial charge >= 0.3 is 7.60 Å². The van der Waals surface area contributed by atoms with E-state index in [1.54, 1.807) is 0 Å². The highest BCUT2D eigenvalue weighted by atomic mass is 31.2. The second-order valence-electron chi connectivity index (χ2n) is 5.14. The van der Waals surface area contributed by atoms with Crippen molar-refractivity contribution in [1.29, 1.82) is 0 Å². The summed E-state index contributed by atoms with van der Waals surface area (Å²) >= 11 is 0. The Balaban J connectivity index is 2.17. The average molecular weight is 304 g/mol. The number of aryl methyl sites for hydroxylation is 2. The van der Waals surface area contributed by atoms with Crippen LogP contribution in [0.2, 0.25) is 0 Å². The summed E-state index contributed by atoms with van der Waals surface area (Å²) in [4.78, 5) is 0. The predicted molar refractivity (Wildman–Crippen MR) is 86.4 cm³/mol. The lowest BCUT2D eigenvalue weighted by Crippen LogP contribution is -2.04. The lowest BCUT2D eigenvalue weighted by molar-refractivity contribution is 0.385. The van der Waals surface area contributed by atoms with Crippen molar-refractivity contribution in [2.45, 2.75) is 27.2 Å². The molecule has 0 aliphatic carbocycles. The smallest absolute Gasteiger partial charge is 0.416 e. The van der Waals surface area contributed by atoms with Crippen molar-refractivity contribution < 1.29 is 13.6 Å². The van der Waals surface area contributed by atoms with E-state index in [0.29, 0.717) is 17.7 Å². The molecule has 4 heteroatoms. The van der Waals surface area contributed by atoms with Gasteiger partial charge in [0.1, 0.15) is 11.5 Å². The lowest BCUT2D eigenvalue weighted by Gasteiger charge is -2.19. The fourth-order valence-corrected chi connectivity index (χ4v) is 3.56. The highest BCUT2D eigenvalue weighted by Crippen LogP contribution is 2.48.